The van der Waals surface area contributed by atoms with Crippen LogP contribution in [0.15, 0.2) is 12.2 Å². The zero-order chi connectivity index (χ0) is 29.5. The van der Waals surface area contributed by atoms with Crippen molar-refractivity contribution in [3.63, 3.8) is 0 Å². The summed E-state index contributed by atoms with van der Waals surface area (Å²) in [6, 6.07) is -0.657. The van der Waals surface area contributed by atoms with Crippen LogP contribution in [0.2, 0.25) is 0 Å². The van der Waals surface area contributed by atoms with Gasteiger partial charge in [-0.05, 0) is 38.5 Å². The topological polar surface area (TPSA) is 89.8 Å². The minimum atomic E-state index is -0.747. The van der Waals surface area contributed by atoms with E-state index in [1.165, 1.54) is 109 Å². The van der Waals surface area contributed by atoms with Crippen molar-refractivity contribution in [1.82, 2.24) is 5.32 Å². The zero-order valence-corrected chi connectivity index (χ0v) is 26.7. The second kappa shape index (κ2) is 31.0. The first-order valence-electron chi connectivity index (χ1n) is 17.5. The van der Waals surface area contributed by atoms with Crippen LogP contribution in [-0.4, -0.2) is 46.1 Å². The highest BCUT2D eigenvalue weighted by molar-refractivity contribution is 5.76. The molecule has 0 aromatic carbocycles. The van der Waals surface area contributed by atoms with Crippen molar-refractivity contribution in [3.05, 3.63) is 12.2 Å². The SMILES string of the molecule is CCCCCCCCC/C=C\CCCCCC(O)CC(=O)NC(CO)C(O)CCCCCCCCCCCCC. The molecule has 0 spiro atoms. The Bertz CT molecular complexity index is 554. The highest BCUT2D eigenvalue weighted by Crippen LogP contribution is 2.14. The number of carbonyl (C=O) groups is 1. The smallest absolute Gasteiger partial charge is 0.222 e. The second-order valence-corrected chi connectivity index (χ2v) is 12.1. The summed E-state index contributed by atoms with van der Waals surface area (Å²) in [5.41, 5.74) is 0. The highest BCUT2D eigenvalue weighted by atomic mass is 16.3. The van der Waals surface area contributed by atoms with Crippen molar-refractivity contribution in [2.75, 3.05) is 6.61 Å². The van der Waals surface area contributed by atoms with Crippen molar-refractivity contribution in [2.45, 2.75) is 199 Å². The van der Waals surface area contributed by atoms with Crippen LogP contribution in [0.5, 0.6) is 0 Å². The first-order valence-corrected chi connectivity index (χ1v) is 17.5. The number of nitrogens with one attached hydrogen (secondary N) is 1. The van der Waals surface area contributed by atoms with Crippen LogP contribution in [0, 0.1) is 0 Å². The van der Waals surface area contributed by atoms with E-state index in [1.54, 1.807) is 0 Å². The van der Waals surface area contributed by atoms with Crippen molar-refractivity contribution in [3.8, 4) is 0 Å². The summed E-state index contributed by atoms with van der Waals surface area (Å²) in [5, 5.41) is 33.1. The van der Waals surface area contributed by atoms with Crippen molar-refractivity contribution >= 4 is 5.91 Å². The fourth-order valence-corrected chi connectivity index (χ4v) is 5.34. The number of aliphatic hydroxyl groups excluding tert-OH is 3. The quantitative estimate of drug-likeness (QED) is 0.0497. The molecule has 0 rings (SSSR count). The van der Waals surface area contributed by atoms with Gasteiger partial charge in [-0.15, -0.1) is 0 Å². The van der Waals surface area contributed by atoms with E-state index in [1.807, 2.05) is 0 Å². The van der Waals surface area contributed by atoms with Crippen LogP contribution >= 0.6 is 0 Å². The molecule has 0 fully saturated rings. The molecular weight excluding hydrogens is 498 g/mol. The van der Waals surface area contributed by atoms with Gasteiger partial charge in [0.05, 0.1) is 31.3 Å². The first kappa shape index (κ1) is 39.1. The maximum Gasteiger partial charge on any atom is 0.222 e. The lowest BCUT2D eigenvalue weighted by atomic mass is 10.0. The van der Waals surface area contributed by atoms with Gasteiger partial charge in [-0.25, -0.2) is 0 Å². The lowest BCUT2D eigenvalue weighted by Crippen LogP contribution is -2.46. The maximum absolute atomic E-state index is 12.3. The number of unbranched alkanes of at least 4 members (excludes halogenated alkanes) is 20. The maximum atomic E-state index is 12.3. The fraction of sp³-hybridized carbons (Fsp3) is 0.914. The van der Waals surface area contributed by atoms with E-state index in [-0.39, 0.29) is 18.9 Å². The Morgan fingerprint density at radius 3 is 1.48 bits per heavy atom. The number of hydrogen-bond acceptors (Lipinski definition) is 4. The largest absolute Gasteiger partial charge is 0.394 e. The third-order valence-electron chi connectivity index (χ3n) is 8.08. The minimum absolute atomic E-state index is 0.0278. The van der Waals surface area contributed by atoms with Crippen molar-refractivity contribution < 1.29 is 20.1 Å². The van der Waals surface area contributed by atoms with Gasteiger partial charge in [-0.2, -0.15) is 0 Å². The summed E-state index contributed by atoms with van der Waals surface area (Å²) in [4.78, 5) is 12.3. The van der Waals surface area contributed by atoms with E-state index in [2.05, 4.69) is 31.3 Å². The van der Waals surface area contributed by atoms with E-state index < -0.39 is 18.2 Å². The molecule has 1 amide bonds. The van der Waals surface area contributed by atoms with E-state index in [0.717, 1.165) is 38.5 Å². The summed E-state index contributed by atoms with van der Waals surface area (Å²) >= 11 is 0. The summed E-state index contributed by atoms with van der Waals surface area (Å²) in [7, 11) is 0. The number of rotatable bonds is 31. The van der Waals surface area contributed by atoms with Gasteiger partial charge in [0.1, 0.15) is 0 Å². The molecule has 0 bridgehead atoms. The Balaban J connectivity index is 3.72. The molecule has 0 aliphatic carbocycles. The van der Waals surface area contributed by atoms with Crippen molar-refractivity contribution in [2.24, 2.45) is 0 Å². The molecule has 0 heterocycles. The monoisotopic (exact) mass is 568 g/mol. The Labute approximate surface area is 249 Å². The Hall–Kier alpha value is -0.910. The lowest BCUT2D eigenvalue weighted by molar-refractivity contribution is -0.125. The zero-order valence-electron chi connectivity index (χ0n) is 26.7. The van der Waals surface area contributed by atoms with Gasteiger partial charge in [-0.3, -0.25) is 4.79 Å². The summed E-state index contributed by atoms with van der Waals surface area (Å²) < 4.78 is 0. The van der Waals surface area contributed by atoms with Crippen LogP contribution in [0.4, 0.5) is 0 Å². The molecule has 0 aromatic rings. The molecular formula is C35H69NO4. The van der Waals surface area contributed by atoms with E-state index in [4.69, 9.17) is 0 Å². The fourth-order valence-electron chi connectivity index (χ4n) is 5.34. The average molecular weight is 568 g/mol. The number of hydrogen-bond donors (Lipinski definition) is 4. The predicted molar refractivity (Wildman–Crippen MR) is 172 cm³/mol. The van der Waals surface area contributed by atoms with Crippen LogP contribution in [-0.2, 0) is 4.79 Å². The van der Waals surface area contributed by atoms with Gasteiger partial charge in [0, 0.05) is 0 Å². The number of allylic oxidation sites excluding steroid dienone is 2. The summed E-state index contributed by atoms with van der Waals surface area (Å²) in [6.07, 6.45) is 33.0. The Kier molecular flexibility index (Phi) is 30.3. The molecule has 5 heteroatoms. The van der Waals surface area contributed by atoms with Gasteiger partial charge >= 0.3 is 0 Å². The molecule has 0 saturated heterocycles. The Morgan fingerprint density at radius 1 is 0.600 bits per heavy atom. The molecule has 0 radical (unpaired) electrons. The average Bonchev–Trinajstić information content (AvgIpc) is 2.94. The molecule has 3 unspecified atom stereocenters. The Morgan fingerprint density at radius 2 is 1.00 bits per heavy atom. The third-order valence-corrected chi connectivity index (χ3v) is 8.08. The number of amides is 1. The van der Waals surface area contributed by atoms with Crippen LogP contribution in [0.1, 0.15) is 181 Å². The van der Waals surface area contributed by atoms with E-state index in [9.17, 15) is 20.1 Å². The van der Waals surface area contributed by atoms with E-state index in [0.29, 0.717) is 12.8 Å². The second-order valence-electron chi connectivity index (χ2n) is 12.1. The predicted octanol–water partition coefficient (Wildman–Crippen LogP) is 8.92. The third kappa shape index (κ3) is 27.3. The lowest BCUT2D eigenvalue weighted by Gasteiger charge is -2.23. The van der Waals surface area contributed by atoms with Gasteiger partial charge in [0.15, 0.2) is 0 Å². The van der Waals surface area contributed by atoms with Gasteiger partial charge < -0.3 is 20.6 Å². The molecule has 3 atom stereocenters. The molecule has 5 nitrogen and oxygen atoms in total. The normalized spacial score (nSPS) is 14.0. The molecule has 0 aromatic heterocycles. The molecule has 40 heavy (non-hydrogen) atoms. The highest BCUT2D eigenvalue weighted by Gasteiger charge is 2.21. The minimum Gasteiger partial charge on any atom is -0.394 e. The van der Waals surface area contributed by atoms with Gasteiger partial charge in [0.2, 0.25) is 5.91 Å². The number of aliphatic hydroxyl groups is 3. The summed E-state index contributed by atoms with van der Waals surface area (Å²) in [5.74, 6) is -0.294. The molecule has 238 valence electrons. The van der Waals surface area contributed by atoms with Crippen LogP contribution < -0.4 is 5.32 Å². The standard InChI is InChI=1S/C35H69NO4/c1-3-5-7-9-11-13-15-16-17-19-20-22-24-26-28-32(38)30-35(40)36-33(31-37)34(39)29-27-25-23-21-18-14-12-10-8-6-4-2/h17,19,32-34,37-39H,3-16,18,20-31H2,1-2H3,(H,36,40)/b19-17-. The molecule has 4 N–H and O–H groups in total. The molecule has 0 saturated carbocycles. The van der Waals surface area contributed by atoms with Crippen LogP contribution in [0.25, 0.3) is 0 Å². The van der Waals surface area contributed by atoms with Crippen molar-refractivity contribution in [1.29, 1.82) is 0 Å². The van der Waals surface area contributed by atoms with Gasteiger partial charge in [-0.1, -0.05) is 148 Å². The van der Waals surface area contributed by atoms with E-state index >= 15 is 0 Å². The van der Waals surface area contributed by atoms with Crippen LogP contribution in [0.3, 0.4) is 0 Å². The first-order chi connectivity index (χ1) is 19.5. The summed E-state index contributed by atoms with van der Waals surface area (Å²) in [6.45, 7) is 4.22. The molecule has 0 aliphatic heterocycles. The van der Waals surface area contributed by atoms with Gasteiger partial charge in [0.25, 0.3) is 0 Å². The number of carbonyl (C=O) groups excluding carboxylic acids is 1. The molecule has 0 aliphatic rings.